The number of nitrogens with zero attached hydrogens (tertiary/aromatic N) is 1. The Labute approximate surface area is 126 Å². The predicted molar refractivity (Wildman–Crippen MR) is 77.1 cm³/mol. The Kier molecular flexibility index (Phi) is 4.80. The molecule has 3 atom stereocenters. The molecule has 2 fully saturated rings. The van der Waals surface area contributed by atoms with E-state index in [1.807, 2.05) is 20.8 Å². The first kappa shape index (κ1) is 16.5. The van der Waals surface area contributed by atoms with Gasteiger partial charge < -0.3 is 19.7 Å². The minimum atomic E-state index is -1.00. The molecule has 0 aromatic heterocycles. The maximum absolute atomic E-state index is 11.6. The molecule has 6 nitrogen and oxygen atoms in total. The van der Waals surface area contributed by atoms with Gasteiger partial charge in [0.25, 0.3) is 0 Å². The third-order valence-electron chi connectivity index (χ3n) is 4.84. The van der Waals surface area contributed by atoms with Gasteiger partial charge in [-0.1, -0.05) is 20.8 Å². The van der Waals surface area contributed by atoms with Crippen molar-refractivity contribution in [2.24, 2.45) is 5.41 Å². The Bertz CT molecular complexity index is 375. The fourth-order valence-corrected chi connectivity index (χ4v) is 3.41. The lowest BCUT2D eigenvalue weighted by molar-refractivity contribution is -0.185. The summed E-state index contributed by atoms with van der Waals surface area (Å²) in [7, 11) is 0. The molecule has 0 aromatic rings. The van der Waals surface area contributed by atoms with Gasteiger partial charge in [0.15, 0.2) is 6.29 Å². The second-order valence-corrected chi connectivity index (χ2v) is 7.09. The summed E-state index contributed by atoms with van der Waals surface area (Å²) in [6.07, 6.45) is 2.00. The third kappa shape index (κ3) is 3.17. The number of carboxylic acid groups (broad SMARTS) is 1. The predicted octanol–water partition coefficient (Wildman–Crippen LogP) is 2.06. The van der Waals surface area contributed by atoms with Crippen molar-refractivity contribution in [1.29, 1.82) is 0 Å². The highest BCUT2D eigenvalue weighted by atomic mass is 16.7. The summed E-state index contributed by atoms with van der Waals surface area (Å²) >= 11 is 0. The molecular weight excluding hydrogens is 274 g/mol. The topological polar surface area (TPSA) is 79.2 Å². The van der Waals surface area contributed by atoms with Crippen LogP contribution < -0.4 is 0 Å². The van der Waals surface area contributed by atoms with Crippen LogP contribution in [0.25, 0.3) is 0 Å². The molecule has 2 saturated heterocycles. The summed E-state index contributed by atoms with van der Waals surface area (Å²) in [4.78, 5) is 12.9. The summed E-state index contributed by atoms with van der Waals surface area (Å²) in [6, 6.07) is 0. The summed E-state index contributed by atoms with van der Waals surface area (Å²) in [5.74, 6) is 0. The van der Waals surface area contributed by atoms with E-state index in [4.69, 9.17) is 9.47 Å². The molecule has 1 unspecified atom stereocenters. The number of carbonyl (C=O) groups is 1. The molecule has 0 aliphatic carbocycles. The molecule has 6 heteroatoms. The summed E-state index contributed by atoms with van der Waals surface area (Å²) in [5.41, 5.74) is -1.18. The van der Waals surface area contributed by atoms with Gasteiger partial charge in [0, 0.05) is 13.0 Å². The molecule has 2 rings (SSSR count). The van der Waals surface area contributed by atoms with Crippen LogP contribution in [0.5, 0.6) is 0 Å². The largest absolute Gasteiger partial charge is 0.465 e. The van der Waals surface area contributed by atoms with Gasteiger partial charge in [-0.3, -0.25) is 4.90 Å². The molecule has 2 heterocycles. The van der Waals surface area contributed by atoms with E-state index in [9.17, 15) is 15.0 Å². The lowest BCUT2D eigenvalue weighted by atomic mass is 9.72. The fraction of sp³-hybridized carbons (Fsp3) is 0.933. The van der Waals surface area contributed by atoms with E-state index in [1.54, 1.807) is 0 Å². The Morgan fingerprint density at radius 1 is 1.43 bits per heavy atom. The summed E-state index contributed by atoms with van der Waals surface area (Å²) in [6.45, 7) is 6.65. The Hall–Kier alpha value is -0.850. The number of hydrogen-bond donors (Lipinski definition) is 2. The highest BCUT2D eigenvalue weighted by Crippen LogP contribution is 2.44. The molecule has 21 heavy (non-hydrogen) atoms. The minimum Gasteiger partial charge on any atom is -0.465 e. The van der Waals surface area contributed by atoms with E-state index in [0.29, 0.717) is 13.0 Å². The molecule has 1 amide bonds. The highest BCUT2D eigenvalue weighted by molar-refractivity contribution is 5.67. The fourth-order valence-electron chi connectivity index (χ4n) is 3.41. The van der Waals surface area contributed by atoms with Crippen LogP contribution >= 0.6 is 0 Å². The molecule has 122 valence electrons. The van der Waals surface area contributed by atoms with Crippen LogP contribution in [0.4, 0.5) is 4.79 Å². The standard InChI is InChI=1S/C15H27NO5/c1-14(2,3)15(10-17)8-11(9-16(15)13(18)19)21-12-6-4-5-7-20-12/h11-12,17H,4-10H2,1-3H3,(H,18,19)/t11-,12?,15+/m0/s1. The Morgan fingerprint density at radius 2 is 2.14 bits per heavy atom. The smallest absolute Gasteiger partial charge is 0.407 e. The number of ether oxygens (including phenoxy) is 2. The molecule has 0 aromatic carbocycles. The van der Waals surface area contributed by atoms with Crippen molar-refractivity contribution < 1.29 is 24.5 Å². The third-order valence-corrected chi connectivity index (χ3v) is 4.84. The second-order valence-electron chi connectivity index (χ2n) is 7.09. The van der Waals surface area contributed by atoms with E-state index < -0.39 is 11.6 Å². The Morgan fingerprint density at radius 3 is 2.57 bits per heavy atom. The number of likely N-dealkylation sites (tertiary alicyclic amines) is 1. The SMILES string of the molecule is CC(C)(C)[C@]1(CO)C[C@H](OC2CCCCO2)CN1C(=O)O. The maximum Gasteiger partial charge on any atom is 0.407 e. The van der Waals surface area contributed by atoms with Gasteiger partial charge in [0.2, 0.25) is 0 Å². The van der Waals surface area contributed by atoms with Crippen LogP contribution in [0.1, 0.15) is 46.5 Å². The van der Waals surface area contributed by atoms with Crippen molar-refractivity contribution in [2.45, 2.75) is 64.4 Å². The van der Waals surface area contributed by atoms with Gasteiger partial charge in [-0.2, -0.15) is 0 Å². The van der Waals surface area contributed by atoms with Crippen molar-refractivity contribution in [3.8, 4) is 0 Å². The zero-order valence-corrected chi connectivity index (χ0v) is 13.2. The minimum absolute atomic E-state index is 0.200. The van der Waals surface area contributed by atoms with Gasteiger partial charge in [-0.15, -0.1) is 0 Å². The number of amides is 1. The first-order valence-electron chi connectivity index (χ1n) is 7.69. The van der Waals surface area contributed by atoms with Crippen LogP contribution in [-0.4, -0.2) is 58.9 Å². The van der Waals surface area contributed by atoms with Crippen molar-refractivity contribution in [2.75, 3.05) is 19.8 Å². The van der Waals surface area contributed by atoms with Crippen molar-refractivity contribution in [1.82, 2.24) is 4.90 Å². The lowest BCUT2D eigenvalue weighted by Gasteiger charge is -2.45. The molecule has 2 aliphatic rings. The first-order chi connectivity index (χ1) is 9.80. The van der Waals surface area contributed by atoms with Crippen LogP contribution in [0.3, 0.4) is 0 Å². The second kappa shape index (κ2) is 6.10. The van der Waals surface area contributed by atoms with Crippen molar-refractivity contribution in [3.63, 3.8) is 0 Å². The van der Waals surface area contributed by atoms with E-state index in [0.717, 1.165) is 19.3 Å². The molecule has 0 saturated carbocycles. The Balaban J connectivity index is 2.12. The average molecular weight is 301 g/mol. The molecule has 0 spiro atoms. The van der Waals surface area contributed by atoms with E-state index in [-0.39, 0.29) is 31.0 Å². The van der Waals surface area contributed by atoms with E-state index in [1.165, 1.54) is 4.90 Å². The van der Waals surface area contributed by atoms with Gasteiger partial charge in [0.1, 0.15) is 0 Å². The molecule has 2 N–H and O–H groups in total. The molecule has 0 bridgehead atoms. The van der Waals surface area contributed by atoms with Crippen molar-refractivity contribution in [3.05, 3.63) is 0 Å². The first-order valence-corrected chi connectivity index (χ1v) is 7.69. The summed E-state index contributed by atoms with van der Waals surface area (Å²) in [5, 5.41) is 19.4. The normalized spacial score (nSPS) is 34.2. The number of hydrogen-bond acceptors (Lipinski definition) is 4. The molecule has 2 aliphatic heterocycles. The van der Waals surface area contributed by atoms with Gasteiger partial charge in [-0.25, -0.2) is 4.79 Å². The zero-order chi connectivity index (χ0) is 15.7. The highest BCUT2D eigenvalue weighted by Gasteiger charge is 2.55. The molecule has 0 radical (unpaired) electrons. The quantitative estimate of drug-likeness (QED) is 0.834. The number of aliphatic hydroxyl groups excluding tert-OH is 1. The van der Waals surface area contributed by atoms with Gasteiger partial charge in [0.05, 0.1) is 24.8 Å². The maximum atomic E-state index is 11.6. The van der Waals surface area contributed by atoms with Crippen molar-refractivity contribution >= 4 is 6.09 Å². The van der Waals surface area contributed by atoms with Crippen LogP contribution in [0.2, 0.25) is 0 Å². The van der Waals surface area contributed by atoms with Gasteiger partial charge >= 0.3 is 6.09 Å². The molecular formula is C15H27NO5. The van der Waals surface area contributed by atoms with Crippen LogP contribution in [0.15, 0.2) is 0 Å². The number of rotatable bonds is 3. The average Bonchev–Trinajstić information content (AvgIpc) is 2.79. The lowest BCUT2D eigenvalue weighted by Crippen LogP contribution is -2.57. The van der Waals surface area contributed by atoms with Crippen LogP contribution in [-0.2, 0) is 9.47 Å². The van der Waals surface area contributed by atoms with Crippen LogP contribution in [0, 0.1) is 5.41 Å². The number of aliphatic hydroxyl groups is 1. The van der Waals surface area contributed by atoms with Gasteiger partial charge in [-0.05, 0) is 24.7 Å². The van der Waals surface area contributed by atoms with E-state index >= 15 is 0 Å². The van der Waals surface area contributed by atoms with E-state index in [2.05, 4.69) is 0 Å². The summed E-state index contributed by atoms with van der Waals surface area (Å²) < 4.78 is 11.5. The monoisotopic (exact) mass is 301 g/mol. The zero-order valence-electron chi connectivity index (χ0n) is 13.2.